The minimum Gasteiger partial charge on any atom is -0.421 e. The van der Waals surface area contributed by atoms with Crippen molar-refractivity contribution in [2.45, 2.75) is 0 Å². The largest absolute Gasteiger partial charge is 0.421 e. The molecule has 0 bridgehead atoms. The third-order valence-electron chi connectivity index (χ3n) is 2.76. The van der Waals surface area contributed by atoms with Crippen molar-refractivity contribution in [3.8, 4) is 11.3 Å². The Balaban J connectivity index is 2.19. The summed E-state index contributed by atoms with van der Waals surface area (Å²) in [6, 6.07) is 6.24. The molecular weight excluding hydrogens is 270 g/mol. The highest BCUT2D eigenvalue weighted by molar-refractivity contribution is 5.89. The zero-order valence-corrected chi connectivity index (χ0v) is 11.6. The van der Waals surface area contributed by atoms with Gasteiger partial charge in [0.2, 0.25) is 0 Å². The van der Waals surface area contributed by atoms with Crippen LogP contribution in [0, 0.1) is 0 Å². The van der Waals surface area contributed by atoms with Gasteiger partial charge in [-0.1, -0.05) is 6.08 Å². The molecular formula is C15H15N3O3. The highest BCUT2D eigenvalue weighted by Gasteiger charge is 2.11. The van der Waals surface area contributed by atoms with Crippen molar-refractivity contribution in [1.29, 1.82) is 0 Å². The number of carbonyl (C=O) groups excluding carboxylic acids is 1. The van der Waals surface area contributed by atoms with Crippen molar-refractivity contribution < 1.29 is 9.21 Å². The number of carbonyl (C=O) groups is 1. The molecule has 108 valence electrons. The number of nitrogens with zero attached hydrogens (tertiary/aromatic N) is 2. The molecule has 6 nitrogen and oxygen atoms in total. The van der Waals surface area contributed by atoms with Gasteiger partial charge in [0.1, 0.15) is 11.4 Å². The SMILES string of the molecule is C=CCN(C)C(=O)Nc1ccc(-c2cccnc2)oc1=O. The molecule has 0 aliphatic carbocycles. The van der Waals surface area contributed by atoms with Gasteiger partial charge in [-0.3, -0.25) is 4.98 Å². The smallest absolute Gasteiger partial charge is 0.360 e. The van der Waals surface area contributed by atoms with Crippen LogP contribution in [0.3, 0.4) is 0 Å². The molecule has 2 amide bonds. The number of urea groups is 1. The predicted molar refractivity (Wildman–Crippen MR) is 80.1 cm³/mol. The normalized spacial score (nSPS) is 9.95. The topological polar surface area (TPSA) is 75.4 Å². The second-order valence-electron chi connectivity index (χ2n) is 4.34. The summed E-state index contributed by atoms with van der Waals surface area (Å²) in [5, 5.41) is 2.49. The maximum atomic E-state index is 11.9. The highest BCUT2D eigenvalue weighted by atomic mass is 16.4. The number of hydrogen-bond donors (Lipinski definition) is 1. The van der Waals surface area contributed by atoms with Gasteiger partial charge >= 0.3 is 11.7 Å². The summed E-state index contributed by atoms with van der Waals surface area (Å²) in [6.45, 7) is 3.92. The van der Waals surface area contributed by atoms with Gasteiger partial charge in [-0.15, -0.1) is 6.58 Å². The van der Waals surface area contributed by atoms with Crippen molar-refractivity contribution >= 4 is 11.7 Å². The molecule has 0 aliphatic rings. The van der Waals surface area contributed by atoms with Gasteiger partial charge in [0, 0.05) is 31.5 Å². The highest BCUT2D eigenvalue weighted by Crippen LogP contribution is 2.17. The fourth-order valence-electron chi connectivity index (χ4n) is 1.66. The number of hydrogen-bond acceptors (Lipinski definition) is 4. The molecule has 0 unspecified atom stereocenters. The average molecular weight is 285 g/mol. The molecule has 0 fully saturated rings. The monoisotopic (exact) mass is 285 g/mol. The Labute approximate surface area is 121 Å². The standard InChI is InChI=1S/C15H15N3O3/c1-3-9-18(2)15(20)17-12-6-7-13(21-14(12)19)11-5-4-8-16-10-11/h3-8,10H,1,9H2,2H3,(H,17,20). The predicted octanol–water partition coefficient (Wildman–Crippen LogP) is 2.35. The third-order valence-corrected chi connectivity index (χ3v) is 2.76. The summed E-state index contributed by atoms with van der Waals surface area (Å²) in [5.41, 5.74) is 0.163. The van der Waals surface area contributed by atoms with Crippen LogP contribution in [0.1, 0.15) is 0 Å². The number of anilines is 1. The number of amides is 2. The molecule has 0 radical (unpaired) electrons. The number of aromatic nitrogens is 1. The van der Waals surface area contributed by atoms with Crippen LogP contribution in [-0.4, -0.2) is 29.5 Å². The zero-order chi connectivity index (χ0) is 15.2. The Hall–Kier alpha value is -2.89. The van der Waals surface area contributed by atoms with Gasteiger partial charge in [0.05, 0.1) is 0 Å². The van der Waals surface area contributed by atoms with Gasteiger partial charge in [-0.05, 0) is 24.3 Å². The van der Waals surface area contributed by atoms with Crippen LogP contribution < -0.4 is 10.9 Å². The molecule has 6 heteroatoms. The van der Waals surface area contributed by atoms with Crippen molar-refractivity contribution in [3.05, 3.63) is 59.7 Å². The van der Waals surface area contributed by atoms with E-state index in [-0.39, 0.29) is 5.69 Å². The van der Waals surface area contributed by atoms with E-state index in [2.05, 4.69) is 16.9 Å². The first-order valence-electron chi connectivity index (χ1n) is 6.29. The van der Waals surface area contributed by atoms with E-state index in [4.69, 9.17) is 4.42 Å². The molecule has 0 aromatic carbocycles. The third kappa shape index (κ3) is 3.56. The van der Waals surface area contributed by atoms with Gasteiger partial charge in [0.15, 0.2) is 0 Å². The number of rotatable bonds is 4. The van der Waals surface area contributed by atoms with Gasteiger partial charge in [-0.2, -0.15) is 0 Å². The van der Waals surface area contributed by atoms with Crippen LogP contribution in [0.2, 0.25) is 0 Å². The van der Waals surface area contributed by atoms with Crippen LogP contribution in [-0.2, 0) is 0 Å². The Kier molecular flexibility index (Phi) is 4.50. The first kappa shape index (κ1) is 14.5. The zero-order valence-electron chi connectivity index (χ0n) is 11.6. The lowest BCUT2D eigenvalue weighted by Crippen LogP contribution is -2.32. The molecule has 2 heterocycles. The molecule has 0 aliphatic heterocycles. The van der Waals surface area contributed by atoms with Crippen LogP contribution >= 0.6 is 0 Å². The number of pyridine rings is 1. The summed E-state index contributed by atoms with van der Waals surface area (Å²) in [7, 11) is 1.60. The van der Waals surface area contributed by atoms with Crippen molar-refractivity contribution in [2.75, 3.05) is 18.9 Å². The van der Waals surface area contributed by atoms with E-state index in [1.165, 1.54) is 11.0 Å². The van der Waals surface area contributed by atoms with Crippen LogP contribution in [0.4, 0.5) is 10.5 Å². The lowest BCUT2D eigenvalue weighted by Gasteiger charge is -2.15. The summed E-state index contributed by atoms with van der Waals surface area (Å²) >= 11 is 0. The summed E-state index contributed by atoms with van der Waals surface area (Å²) in [4.78, 5) is 29.0. The van der Waals surface area contributed by atoms with E-state index in [1.807, 2.05) is 0 Å². The fourth-order valence-corrected chi connectivity index (χ4v) is 1.66. The molecule has 0 spiro atoms. The molecule has 2 aromatic heterocycles. The van der Waals surface area contributed by atoms with E-state index in [0.29, 0.717) is 17.9 Å². The number of nitrogens with one attached hydrogen (secondary N) is 1. The Morgan fingerprint density at radius 1 is 1.48 bits per heavy atom. The van der Waals surface area contributed by atoms with Gasteiger partial charge in [-0.25, -0.2) is 9.59 Å². The van der Waals surface area contributed by atoms with E-state index in [1.54, 1.807) is 43.7 Å². The molecule has 21 heavy (non-hydrogen) atoms. The lowest BCUT2D eigenvalue weighted by atomic mass is 10.2. The fraction of sp³-hybridized carbons (Fsp3) is 0.133. The second kappa shape index (κ2) is 6.51. The average Bonchev–Trinajstić information content (AvgIpc) is 2.50. The summed E-state index contributed by atoms with van der Waals surface area (Å²) < 4.78 is 5.19. The summed E-state index contributed by atoms with van der Waals surface area (Å²) in [5.74, 6) is 0.394. The van der Waals surface area contributed by atoms with E-state index in [9.17, 15) is 9.59 Å². The van der Waals surface area contributed by atoms with Crippen molar-refractivity contribution in [1.82, 2.24) is 9.88 Å². The van der Waals surface area contributed by atoms with Crippen molar-refractivity contribution in [2.24, 2.45) is 0 Å². The van der Waals surface area contributed by atoms with Gasteiger partial charge < -0.3 is 14.6 Å². The van der Waals surface area contributed by atoms with E-state index in [0.717, 1.165) is 0 Å². The minimum atomic E-state index is -0.614. The molecule has 2 aromatic rings. The minimum absolute atomic E-state index is 0.0866. The first-order valence-corrected chi connectivity index (χ1v) is 6.29. The molecule has 0 saturated carbocycles. The Bertz CT molecular complexity index is 695. The first-order chi connectivity index (χ1) is 10.1. The molecule has 1 N–H and O–H groups in total. The number of likely N-dealkylation sites (N-methyl/N-ethyl adjacent to an activating group) is 1. The second-order valence-corrected chi connectivity index (χ2v) is 4.34. The maximum absolute atomic E-state index is 11.9. The quantitative estimate of drug-likeness (QED) is 0.875. The maximum Gasteiger partial charge on any atom is 0.360 e. The molecule has 0 atom stereocenters. The van der Waals surface area contributed by atoms with Gasteiger partial charge in [0.25, 0.3) is 0 Å². The lowest BCUT2D eigenvalue weighted by molar-refractivity contribution is 0.226. The van der Waals surface area contributed by atoms with Crippen LogP contribution in [0.15, 0.2) is 58.5 Å². The Morgan fingerprint density at radius 3 is 2.90 bits per heavy atom. The molecule has 0 saturated heterocycles. The molecule has 2 rings (SSSR count). The Morgan fingerprint density at radius 2 is 2.29 bits per heavy atom. The van der Waals surface area contributed by atoms with Crippen LogP contribution in [0.25, 0.3) is 11.3 Å². The van der Waals surface area contributed by atoms with Crippen LogP contribution in [0.5, 0.6) is 0 Å². The van der Waals surface area contributed by atoms with E-state index >= 15 is 0 Å². The summed E-state index contributed by atoms with van der Waals surface area (Å²) in [6.07, 6.45) is 4.81. The van der Waals surface area contributed by atoms with E-state index < -0.39 is 11.7 Å². The van der Waals surface area contributed by atoms with Crippen molar-refractivity contribution in [3.63, 3.8) is 0 Å².